The number of hydrogen-bond acceptors (Lipinski definition) is 7. The van der Waals surface area contributed by atoms with E-state index in [4.69, 9.17) is 14.5 Å². The number of fused-ring (bicyclic) bond motifs is 1. The highest BCUT2D eigenvalue weighted by Gasteiger charge is 2.29. The van der Waals surface area contributed by atoms with E-state index in [-0.39, 0.29) is 12.8 Å². The van der Waals surface area contributed by atoms with Gasteiger partial charge in [0.05, 0.1) is 18.6 Å². The zero-order valence-corrected chi connectivity index (χ0v) is 19.6. The van der Waals surface area contributed by atoms with Crippen molar-refractivity contribution in [3.05, 3.63) is 90.1 Å². The number of carbonyl (C=O) groups excluding carboxylic acids is 1. The summed E-state index contributed by atoms with van der Waals surface area (Å²) in [6.07, 6.45) is 6.03. The van der Waals surface area contributed by atoms with Gasteiger partial charge in [0.15, 0.2) is 11.7 Å². The lowest BCUT2D eigenvalue weighted by molar-refractivity contribution is -0.144. The van der Waals surface area contributed by atoms with Crippen molar-refractivity contribution in [2.75, 3.05) is 13.2 Å². The second-order valence-electron chi connectivity index (χ2n) is 8.27. The summed E-state index contributed by atoms with van der Waals surface area (Å²) in [5.74, 6) is -0.486. The van der Waals surface area contributed by atoms with Gasteiger partial charge in [-0.25, -0.2) is 19.7 Å². The van der Waals surface area contributed by atoms with Crippen molar-refractivity contribution in [1.82, 2.24) is 19.5 Å². The Morgan fingerprint density at radius 3 is 2.40 bits per heavy atom. The highest BCUT2D eigenvalue weighted by Crippen LogP contribution is 2.30. The summed E-state index contributed by atoms with van der Waals surface area (Å²) in [6, 6.07) is 18.6. The molecule has 178 valence electrons. The number of ether oxygens (including phenoxy) is 2. The molecule has 0 amide bonds. The fraction of sp³-hybridized carbons (Fsp3) is 0.296. The molecule has 1 saturated heterocycles. The molecule has 1 aliphatic rings. The maximum Gasteiger partial charge on any atom is 0.337 e. The van der Waals surface area contributed by atoms with Crippen LogP contribution in [-0.4, -0.2) is 44.4 Å². The second-order valence-corrected chi connectivity index (χ2v) is 8.27. The van der Waals surface area contributed by atoms with E-state index in [0.717, 1.165) is 30.4 Å². The minimum Gasteiger partial charge on any atom is -0.464 e. The van der Waals surface area contributed by atoms with Gasteiger partial charge in [0.1, 0.15) is 23.8 Å². The summed E-state index contributed by atoms with van der Waals surface area (Å²) in [5, 5.41) is 0. The average Bonchev–Trinajstić information content (AvgIpc) is 3.36. The third kappa shape index (κ3) is 4.83. The highest BCUT2D eigenvalue weighted by molar-refractivity contribution is 6.13. The van der Waals surface area contributed by atoms with Gasteiger partial charge in [-0.2, -0.15) is 0 Å². The fourth-order valence-corrected chi connectivity index (χ4v) is 4.31. The Morgan fingerprint density at radius 2 is 1.77 bits per heavy atom. The van der Waals surface area contributed by atoms with E-state index in [0.29, 0.717) is 29.2 Å². The van der Waals surface area contributed by atoms with Crippen LogP contribution in [0.2, 0.25) is 0 Å². The molecular formula is C27H27N5O3. The fourth-order valence-electron chi connectivity index (χ4n) is 4.31. The summed E-state index contributed by atoms with van der Waals surface area (Å²) in [6.45, 7) is 2.71. The van der Waals surface area contributed by atoms with Gasteiger partial charge in [-0.05, 0) is 26.2 Å². The predicted octanol–water partition coefficient (Wildman–Crippen LogP) is 4.67. The molecule has 5 rings (SSSR count). The number of aromatic nitrogens is 4. The van der Waals surface area contributed by atoms with Gasteiger partial charge in [0, 0.05) is 17.7 Å². The summed E-state index contributed by atoms with van der Waals surface area (Å²) in [7, 11) is 0. The molecular weight excluding hydrogens is 442 g/mol. The molecule has 0 radical (unpaired) electrons. The Kier molecular flexibility index (Phi) is 6.90. The molecule has 0 bridgehead atoms. The molecule has 1 aliphatic heterocycles. The van der Waals surface area contributed by atoms with Crippen LogP contribution >= 0.6 is 0 Å². The van der Waals surface area contributed by atoms with E-state index < -0.39 is 12.0 Å². The van der Waals surface area contributed by atoms with E-state index in [1.54, 1.807) is 13.3 Å². The monoisotopic (exact) mass is 469 g/mol. The van der Waals surface area contributed by atoms with Crippen LogP contribution in [0.4, 0.5) is 0 Å². The van der Waals surface area contributed by atoms with Gasteiger partial charge in [0.2, 0.25) is 0 Å². The van der Waals surface area contributed by atoms with Crippen LogP contribution in [0.1, 0.15) is 55.3 Å². The van der Waals surface area contributed by atoms with Crippen molar-refractivity contribution >= 4 is 22.8 Å². The first-order chi connectivity index (χ1) is 17.3. The zero-order valence-electron chi connectivity index (χ0n) is 19.6. The van der Waals surface area contributed by atoms with E-state index in [9.17, 15) is 4.79 Å². The normalized spacial score (nSPS) is 16.5. The summed E-state index contributed by atoms with van der Waals surface area (Å²) < 4.78 is 13.3. The lowest BCUT2D eigenvalue weighted by Crippen LogP contribution is -2.20. The molecule has 0 spiro atoms. The summed E-state index contributed by atoms with van der Waals surface area (Å²) in [5.41, 5.74) is 3.99. The number of esters is 1. The van der Waals surface area contributed by atoms with Crippen LogP contribution in [0.3, 0.4) is 0 Å². The first kappa shape index (κ1) is 22.9. The molecule has 2 aromatic heterocycles. The molecule has 0 N–H and O–H groups in total. The number of hydrogen-bond donors (Lipinski definition) is 0. The molecule has 3 heterocycles. The predicted molar refractivity (Wildman–Crippen MR) is 132 cm³/mol. The van der Waals surface area contributed by atoms with Crippen LogP contribution < -0.4 is 0 Å². The van der Waals surface area contributed by atoms with E-state index in [2.05, 4.69) is 15.0 Å². The second kappa shape index (κ2) is 10.6. The number of carbonyl (C=O) groups is 1. The van der Waals surface area contributed by atoms with Gasteiger partial charge in [0.25, 0.3) is 0 Å². The van der Waals surface area contributed by atoms with E-state index in [1.807, 2.05) is 65.2 Å². The van der Waals surface area contributed by atoms with Crippen LogP contribution in [0, 0.1) is 0 Å². The molecule has 8 nitrogen and oxygen atoms in total. The van der Waals surface area contributed by atoms with Gasteiger partial charge >= 0.3 is 5.97 Å². The largest absolute Gasteiger partial charge is 0.464 e. The van der Waals surface area contributed by atoms with Crippen molar-refractivity contribution in [3.8, 4) is 0 Å². The van der Waals surface area contributed by atoms with Crippen LogP contribution in [0.15, 0.2) is 78.3 Å². The summed E-state index contributed by atoms with van der Waals surface area (Å²) >= 11 is 0. The lowest BCUT2D eigenvalue weighted by atomic mass is 10.0. The Labute approximate surface area is 203 Å². The maximum absolute atomic E-state index is 13.2. The standard InChI is InChI=1S/C27H27N5O3/c1-2-34-27(33)25(31-22(19-11-5-3-6-12-19)20-13-7-4-8-14-20)23-24-26(29-17-28-23)32(18-30-24)21-15-9-10-16-35-21/h3-8,11-14,17-18,21,25H,2,9-10,15-16H2,1H3/t21-,25-/m0/s1. The lowest BCUT2D eigenvalue weighted by Gasteiger charge is -2.23. The minimum atomic E-state index is -1.01. The first-order valence-corrected chi connectivity index (χ1v) is 11.9. The Bertz CT molecular complexity index is 1270. The van der Waals surface area contributed by atoms with E-state index in [1.165, 1.54) is 6.33 Å². The molecule has 0 aliphatic carbocycles. The van der Waals surface area contributed by atoms with Crippen molar-refractivity contribution in [3.63, 3.8) is 0 Å². The number of rotatable bonds is 7. The van der Waals surface area contributed by atoms with Crippen molar-refractivity contribution in [2.45, 2.75) is 38.5 Å². The smallest absolute Gasteiger partial charge is 0.337 e. The molecule has 0 unspecified atom stereocenters. The summed E-state index contributed by atoms with van der Waals surface area (Å²) in [4.78, 5) is 31.7. The number of benzene rings is 2. The molecule has 4 aromatic rings. The molecule has 8 heteroatoms. The maximum atomic E-state index is 13.2. The number of aliphatic imine (C=N–C) groups is 1. The Hall–Kier alpha value is -3.91. The SMILES string of the molecule is CCOC(=O)[C@@H](N=C(c1ccccc1)c1ccccc1)c1ncnc2c1ncn2[C@@H]1CCCCO1. The van der Waals surface area contributed by atoms with Crippen molar-refractivity contribution < 1.29 is 14.3 Å². The Morgan fingerprint density at radius 1 is 1.06 bits per heavy atom. The molecule has 2 aromatic carbocycles. The highest BCUT2D eigenvalue weighted by atomic mass is 16.5. The van der Waals surface area contributed by atoms with Gasteiger partial charge in [-0.3, -0.25) is 9.56 Å². The molecule has 2 atom stereocenters. The third-order valence-electron chi connectivity index (χ3n) is 5.97. The average molecular weight is 470 g/mol. The van der Waals surface area contributed by atoms with Crippen LogP contribution in [0.25, 0.3) is 11.2 Å². The van der Waals surface area contributed by atoms with Crippen molar-refractivity contribution in [1.29, 1.82) is 0 Å². The van der Waals surface area contributed by atoms with Gasteiger partial charge < -0.3 is 9.47 Å². The number of imidazole rings is 1. The topological polar surface area (TPSA) is 91.5 Å². The third-order valence-corrected chi connectivity index (χ3v) is 5.97. The van der Waals surface area contributed by atoms with Crippen LogP contribution in [-0.2, 0) is 14.3 Å². The minimum absolute atomic E-state index is 0.134. The molecule has 0 saturated carbocycles. The quantitative estimate of drug-likeness (QED) is 0.289. The van der Waals surface area contributed by atoms with Gasteiger partial charge in [-0.15, -0.1) is 0 Å². The first-order valence-electron chi connectivity index (χ1n) is 11.9. The van der Waals surface area contributed by atoms with Crippen LogP contribution in [0.5, 0.6) is 0 Å². The van der Waals surface area contributed by atoms with Gasteiger partial charge in [-0.1, -0.05) is 60.7 Å². The van der Waals surface area contributed by atoms with E-state index >= 15 is 0 Å². The van der Waals surface area contributed by atoms with Crippen molar-refractivity contribution in [2.24, 2.45) is 4.99 Å². The molecule has 1 fully saturated rings. The molecule has 35 heavy (non-hydrogen) atoms. The Balaban J connectivity index is 1.65. The zero-order chi connectivity index (χ0) is 24.0. The number of nitrogens with zero attached hydrogens (tertiary/aromatic N) is 5.